The summed E-state index contributed by atoms with van der Waals surface area (Å²) in [7, 11) is 0. The summed E-state index contributed by atoms with van der Waals surface area (Å²) >= 11 is 4.85. The summed E-state index contributed by atoms with van der Waals surface area (Å²) in [5.41, 5.74) is 2.13. The Labute approximate surface area is 117 Å². The van der Waals surface area contributed by atoms with Crippen LogP contribution in [0.2, 0.25) is 0 Å². The molecule has 0 spiro atoms. The highest BCUT2D eigenvalue weighted by Crippen LogP contribution is 2.22. The van der Waals surface area contributed by atoms with Gasteiger partial charge in [0.2, 0.25) is 0 Å². The molecule has 0 fully saturated rings. The average molecular weight is 327 g/mol. The molecule has 1 aromatic carbocycles. The Bertz CT molecular complexity index is 583. The van der Waals surface area contributed by atoms with Gasteiger partial charge in [0, 0.05) is 21.2 Å². The number of hydrogen-bond donors (Lipinski definition) is 2. The number of carbonyl (C=O) groups is 1. The van der Waals surface area contributed by atoms with E-state index in [0.717, 1.165) is 16.4 Å². The van der Waals surface area contributed by atoms with Gasteiger partial charge < -0.3 is 10.4 Å². The summed E-state index contributed by atoms with van der Waals surface area (Å²) in [6, 6.07) is 5.07. The summed E-state index contributed by atoms with van der Waals surface area (Å²) < 4.78 is 0.565. The predicted octanol–water partition coefficient (Wildman–Crippen LogP) is 3.52. The van der Waals surface area contributed by atoms with E-state index in [9.17, 15) is 4.79 Å². The number of aryl methyl sites for hydroxylation is 1. The third-order valence-corrected chi connectivity index (χ3v) is 3.93. The number of benzene rings is 1. The van der Waals surface area contributed by atoms with Gasteiger partial charge in [-0.3, -0.25) is 0 Å². The summed E-state index contributed by atoms with van der Waals surface area (Å²) in [4.78, 5) is 15.2. The van der Waals surface area contributed by atoms with Crippen molar-refractivity contribution in [1.29, 1.82) is 0 Å². The molecule has 0 bridgehead atoms. The maximum absolute atomic E-state index is 10.9. The third-order valence-electron chi connectivity index (χ3n) is 2.31. The standard InChI is InChI=1S/C12H11BrN2O2S/c1-7-6-18-11(15-7)5-14-8-2-3-9(12(16)17)10(13)4-8/h2-4,6,14H,5H2,1H3,(H,16,17). The van der Waals surface area contributed by atoms with Gasteiger partial charge in [-0.2, -0.15) is 0 Å². The molecule has 2 aromatic rings. The van der Waals surface area contributed by atoms with Crippen LogP contribution >= 0.6 is 27.3 Å². The number of aromatic nitrogens is 1. The van der Waals surface area contributed by atoms with Crippen LogP contribution < -0.4 is 5.32 Å². The average Bonchev–Trinajstić information content (AvgIpc) is 2.72. The fourth-order valence-electron chi connectivity index (χ4n) is 1.46. The zero-order chi connectivity index (χ0) is 13.1. The van der Waals surface area contributed by atoms with Crippen molar-refractivity contribution in [3.63, 3.8) is 0 Å². The maximum Gasteiger partial charge on any atom is 0.336 e. The molecule has 94 valence electrons. The van der Waals surface area contributed by atoms with Crippen LogP contribution in [0.5, 0.6) is 0 Å². The Hall–Kier alpha value is -1.40. The van der Waals surface area contributed by atoms with Crippen LogP contribution in [-0.4, -0.2) is 16.1 Å². The molecular weight excluding hydrogens is 316 g/mol. The van der Waals surface area contributed by atoms with E-state index in [1.807, 2.05) is 12.3 Å². The van der Waals surface area contributed by atoms with Crippen molar-refractivity contribution in [2.45, 2.75) is 13.5 Å². The van der Waals surface area contributed by atoms with Gasteiger partial charge in [-0.25, -0.2) is 9.78 Å². The smallest absolute Gasteiger partial charge is 0.336 e. The van der Waals surface area contributed by atoms with E-state index in [1.54, 1.807) is 29.5 Å². The highest BCUT2D eigenvalue weighted by molar-refractivity contribution is 9.10. The van der Waals surface area contributed by atoms with E-state index < -0.39 is 5.97 Å². The largest absolute Gasteiger partial charge is 0.478 e. The second-order valence-corrected chi connectivity index (χ2v) is 5.53. The van der Waals surface area contributed by atoms with Crippen molar-refractivity contribution in [1.82, 2.24) is 4.98 Å². The molecule has 2 rings (SSSR count). The van der Waals surface area contributed by atoms with Crippen molar-refractivity contribution in [2.75, 3.05) is 5.32 Å². The van der Waals surface area contributed by atoms with Crippen molar-refractivity contribution in [2.24, 2.45) is 0 Å². The summed E-state index contributed by atoms with van der Waals surface area (Å²) in [5, 5.41) is 15.1. The van der Waals surface area contributed by atoms with Crippen molar-refractivity contribution < 1.29 is 9.90 Å². The highest BCUT2D eigenvalue weighted by Gasteiger charge is 2.08. The van der Waals surface area contributed by atoms with Crippen LogP contribution in [0.1, 0.15) is 21.1 Å². The van der Waals surface area contributed by atoms with Gasteiger partial charge in [-0.15, -0.1) is 11.3 Å². The van der Waals surface area contributed by atoms with Crippen molar-refractivity contribution in [3.8, 4) is 0 Å². The first-order chi connectivity index (χ1) is 8.56. The lowest BCUT2D eigenvalue weighted by atomic mass is 10.2. The minimum atomic E-state index is -0.941. The Morgan fingerprint density at radius 2 is 2.33 bits per heavy atom. The normalized spacial score (nSPS) is 10.3. The zero-order valence-electron chi connectivity index (χ0n) is 9.61. The molecule has 0 saturated heterocycles. The molecule has 0 aliphatic carbocycles. The van der Waals surface area contributed by atoms with Crippen LogP contribution in [0, 0.1) is 6.92 Å². The fraction of sp³-hybridized carbons (Fsp3) is 0.167. The quantitative estimate of drug-likeness (QED) is 0.902. The maximum atomic E-state index is 10.9. The SMILES string of the molecule is Cc1csc(CNc2ccc(C(=O)O)c(Br)c2)n1. The molecule has 0 saturated carbocycles. The highest BCUT2D eigenvalue weighted by atomic mass is 79.9. The zero-order valence-corrected chi connectivity index (χ0v) is 12.0. The van der Waals surface area contributed by atoms with E-state index in [4.69, 9.17) is 5.11 Å². The molecule has 0 radical (unpaired) electrons. The van der Waals surface area contributed by atoms with Gasteiger partial charge in [0.05, 0.1) is 12.1 Å². The van der Waals surface area contributed by atoms with Crippen LogP contribution in [-0.2, 0) is 6.54 Å². The molecular formula is C12H11BrN2O2S. The molecule has 1 heterocycles. The number of nitrogens with zero attached hydrogens (tertiary/aromatic N) is 1. The first kappa shape index (κ1) is 13.0. The molecule has 1 aromatic heterocycles. The number of anilines is 1. The molecule has 0 atom stereocenters. The number of thiazole rings is 1. The number of hydrogen-bond acceptors (Lipinski definition) is 4. The Morgan fingerprint density at radius 3 is 2.89 bits per heavy atom. The van der Waals surface area contributed by atoms with Gasteiger partial charge in [0.1, 0.15) is 5.01 Å². The van der Waals surface area contributed by atoms with Crippen LogP contribution in [0.15, 0.2) is 28.1 Å². The second kappa shape index (κ2) is 5.49. The number of halogens is 1. The Balaban J connectivity index is 2.06. The van der Waals surface area contributed by atoms with Gasteiger partial charge in [0.25, 0.3) is 0 Å². The predicted molar refractivity (Wildman–Crippen MR) is 75.3 cm³/mol. The fourth-order valence-corrected chi connectivity index (χ4v) is 2.72. The number of nitrogens with one attached hydrogen (secondary N) is 1. The molecule has 2 N–H and O–H groups in total. The number of carboxylic acids is 1. The van der Waals surface area contributed by atoms with Gasteiger partial charge in [-0.05, 0) is 41.1 Å². The van der Waals surface area contributed by atoms with E-state index in [-0.39, 0.29) is 5.56 Å². The monoisotopic (exact) mass is 326 g/mol. The van der Waals surface area contributed by atoms with Gasteiger partial charge in [0.15, 0.2) is 0 Å². The second-order valence-electron chi connectivity index (χ2n) is 3.74. The molecule has 6 heteroatoms. The van der Waals surface area contributed by atoms with Crippen LogP contribution in [0.25, 0.3) is 0 Å². The molecule has 0 amide bonds. The third kappa shape index (κ3) is 3.08. The van der Waals surface area contributed by atoms with E-state index >= 15 is 0 Å². The summed E-state index contributed by atoms with van der Waals surface area (Å²) in [6.45, 7) is 2.59. The van der Waals surface area contributed by atoms with E-state index in [0.29, 0.717) is 11.0 Å². The van der Waals surface area contributed by atoms with E-state index in [2.05, 4.69) is 26.2 Å². The minimum absolute atomic E-state index is 0.255. The first-order valence-electron chi connectivity index (χ1n) is 5.24. The van der Waals surface area contributed by atoms with Crippen LogP contribution in [0.3, 0.4) is 0 Å². The molecule has 0 aliphatic heterocycles. The lowest BCUT2D eigenvalue weighted by molar-refractivity contribution is 0.0696. The Kier molecular flexibility index (Phi) is 3.98. The van der Waals surface area contributed by atoms with Gasteiger partial charge >= 0.3 is 5.97 Å². The number of carboxylic acid groups (broad SMARTS) is 1. The number of rotatable bonds is 4. The number of aromatic carboxylic acids is 1. The van der Waals surface area contributed by atoms with E-state index in [1.165, 1.54) is 0 Å². The summed E-state index contributed by atoms with van der Waals surface area (Å²) in [5.74, 6) is -0.941. The topological polar surface area (TPSA) is 62.2 Å². The lowest BCUT2D eigenvalue weighted by Gasteiger charge is -2.06. The van der Waals surface area contributed by atoms with Crippen LogP contribution in [0.4, 0.5) is 5.69 Å². The lowest BCUT2D eigenvalue weighted by Crippen LogP contribution is -2.01. The summed E-state index contributed by atoms with van der Waals surface area (Å²) in [6.07, 6.45) is 0. The molecule has 0 aliphatic rings. The van der Waals surface area contributed by atoms with Crippen molar-refractivity contribution >= 4 is 38.9 Å². The first-order valence-corrected chi connectivity index (χ1v) is 6.91. The van der Waals surface area contributed by atoms with Crippen molar-refractivity contribution in [3.05, 3.63) is 44.3 Å². The molecule has 4 nitrogen and oxygen atoms in total. The minimum Gasteiger partial charge on any atom is -0.478 e. The van der Waals surface area contributed by atoms with Gasteiger partial charge in [-0.1, -0.05) is 0 Å². The molecule has 0 unspecified atom stereocenters. The Morgan fingerprint density at radius 1 is 1.56 bits per heavy atom. The molecule has 18 heavy (non-hydrogen) atoms.